The Hall–Kier alpha value is -6.08. The summed E-state index contributed by atoms with van der Waals surface area (Å²) >= 11 is 0. The lowest BCUT2D eigenvalue weighted by atomic mass is 9.93. The lowest BCUT2D eigenvalue weighted by molar-refractivity contribution is -0.136. The van der Waals surface area contributed by atoms with Gasteiger partial charge in [0.2, 0.25) is 17.8 Å². The van der Waals surface area contributed by atoms with Crippen LogP contribution in [0.5, 0.6) is 0 Å². The minimum atomic E-state index is -0.972. The highest BCUT2D eigenvalue weighted by atomic mass is 16.2. The van der Waals surface area contributed by atoms with Gasteiger partial charge < -0.3 is 24.9 Å². The van der Waals surface area contributed by atoms with E-state index in [4.69, 9.17) is 0 Å². The second-order valence-electron chi connectivity index (χ2n) is 16.7. The average Bonchev–Trinajstić information content (AvgIpc) is 3.51. The van der Waals surface area contributed by atoms with Gasteiger partial charge in [-0.1, -0.05) is 6.92 Å². The summed E-state index contributed by atoms with van der Waals surface area (Å²) in [5.41, 5.74) is 4.87. The molecule has 1 aromatic heterocycles. The van der Waals surface area contributed by atoms with Crippen molar-refractivity contribution in [3.8, 4) is 6.07 Å². The third-order valence-electron chi connectivity index (χ3n) is 13.0. The summed E-state index contributed by atoms with van der Waals surface area (Å²) < 4.78 is 0. The van der Waals surface area contributed by atoms with Crippen molar-refractivity contribution in [2.24, 2.45) is 5.92 Å². The molecule has 6 amide bonds. The number of anilines is 4. The number of nitrogens with one attached hydrogen (secondary N) is 2. The zero-order valence-corrected chi connectivity index (χ0v) is 34.6. The predicted octanol–water partition coefficient (Wildman–Crippen LogP) is 3.87. The van der Waals surface area contributed by atoms with Crippen LogP contribution in [0.1, 0.15) is 84.7 Å². The van der Waals surface area contributed by atoms with E-state index >= 15 is 0 Å². The third-order valence-corrected chi connectivity index (χ3v) is 13.0. The Bertz CT molecular complexity index is 2190. The van der Waals surface area contributed by atoms with E-state index in [9.17, 15) is 29.2 Å². The maximum atomic E-state index is 13.4. The van der Waals surface area contributed by atoms with Gasteiger partial charge in [-0.15, -0.1) is 0 Å². The van der Waals surface area contributed by atoms with E-state index in [2.05, 4.69) is 73.1 Å². The smallest absolute Gasteiger partial charge is 0.322 e. The van der Waals surface area contributed by atoms with E-state index in [1.54, 1.807) is 24.5 Å². The van der Waals surface area contributed by atoms with Crippen LogP contribution in [0.2, 0.25) is 0 Å². The average molecular weight is 816 g/mol. The number of aryl methyl sites for hydroxylation is 1. The molecule has 3 atom stereocenters. The molecular formula is C44H53N11O5. The molecule has 1 unspecified atom stereocenters. The Morgan fingerprint density at radius 1 is 0.850 bits per heavy atom. The molecule has 0 aliphatic carbocycles. The number of amides is 6. The second-order valence-corrected chi connectivity index (χ2v) is 16.7. The maximum absolute atomic E-state index is 13.4. The van der Waals surface area contributed by atoms with E-state index in [1.807, 2.05) is 23.1 Å². The SMILES string of the molecule is CCc1cc(N2C[C@@H](C)N(C(=O)Nc3cnc(N4CCC(CCN5CCN(c6ccc7c(c6)C(=O)N(C6CCC(=O)NC6=O)C7=O)CC5)CC4)nc3)C[C@@H]2C)ccc1C#N. The number of piperazine rings is 2. The molecule has 6 heterocycles. The molecule has 0 saturated carbocycles. The number of hydrogen-bond donors (Lipinski definition) is 2. The number of aromatic nitrogens is 2. The van der Waals surface area contributed by atoms with Crippen molar-refractivity contribution >= 4 is 52.7 Å². The van der Waals surface area contributed by atoms with Crippen LogP contribution in [-0.2, 0) is 16.0 Å². The van der Waals surface area contributed by atoms with Crippen LogP contribution in [0.15, 0.2) is 48.8 Å². The van der Waals surface area contributed by atoms with Gasteiger partial charge in [-0.25, -0.2) is 14.8 Å². The van der Waals surface area contributed by atoms with Gasteiger partial charge in [-0.05, 0) is 100 Å². The Morgan fingerprint density at radius 2 is 1.57 bits per heavy atom. The molecule has 4 fully saturated rings. The summed E-state index contributed by atoms with van der Waals surface area (Å²) in [6, 6.07) is 12.5. The van der Waals surface area contributed by atoms with Crippen LogP contribution in [0.4, 0.5) is 27.8 Å². The van der Waals surface area contributed by atoms with Crippen LogP contribution in [0, 0.1) is 17.2 Å². The fraction of sp³-hybridized carbons (Fsp3) is 0.500. The number of piperidine rings is 2. The molecule has 2 aromatic carbocycles. The molecule has 16 nitrogen and oxygen atoms in total. The van der Waals surface area contributed by atoms with E-state index in [0.29, 0.717) is 47.3 Å². The van der Waals surface area contributed by atoms with Crippen LogP contribution >= 0.6 is 0 Å². The monoisotopic (exact) mass is 815 g/mol. The minimum Gasteiger partial charge on any atom is -0.369 e. The van der Waals surface area contributed by atoms with Crippen molar-refractivity contribution in [1.29, 1.82) is 5.26 Å². The topological polar surface area (TPSA) is 178 Å². The van der Waals surface area contributed by atoms with E-state index in [1.165, 1.54) is 0 Å². The molecule has 0 spiro atoms. The summed E-state index contributed by atoms with van der Waals surface area (Å²) in [7, 11) is 0. The first kappa shape index (κ1) is 40.7. The summed E-state index contributed by atoms with van der Waals surface area (Å²) in [5.74, 6) is -0.685. The van der Waals surface area contributed by atoms with Gasteiger partial charge in [0.25, 0.3) is 11.8 Å². The molecule has 5 aliphatic rings. The second kappa shape index (κ2) is 17.3. The fourth-order valence-corrected chi connectivity index (χ4v) is 9.35. The molecule has 60 heavy (non-hydrogen) atoms. The Labute approximate surface area is 350 Å². The van der Waals surface area contributed by atoms with Gasteiger partial charge in [0.1, 0.15) is 6.04 Å². The van der Waals surface area contributed by atoms with E-state index in [-0.39, 0.29) is 31.0 Å². The van der Waals surface area contributed by atoms with Crippen molar-refractivity contribution < 1.29 is 24.0 Å². The van der Waals surface area contributed by atoms with Gasteiger partial charge in [0.15, 0.2) is 0 Å². The molecule has 3 aromatic rings. The fourth-order valence-electron chi connectivity index (χ4n) is 9.35. The summed E-state index contributed by atoms with van der Waals surface area (Å²) in [4.78, 5) is 85.3. The van der Waals surface area contributed by atoms with Crippen molar-refractivity contribution in [1.82, 2.24) is 30.0 Å². The first-order chi connectivity index (χ1) is 29.0. The third kappa shape index (κ3) is 8.23. The lowest BCUT2D eigenvalue weighted by Crippen LogP contribution is -2.59. The van der Waals surface area contributed by atoms with Gasteiger partial charge >= 0.3 is 6.03 Å². The van der Waals surface area contributed by atoms with Crippen molar-refractivity contribution in [3.05, 3.63) is 71.0 Å². The van der Waals surface area contributed by atoms with Crippen LogP contribution in [-0.4, -0.2) is 131 Å². The number of imide groups is 2. The van der Waals surface area contributed by atoms with Gasteiger partial charge in [0.05, 0.1) is 40.8 Å². The summed E-state index contributed by atoms with van der Waals surface area (Å²) in [6.45, 7) is 13.7. The highest BCUT2D eigenvalue weighted by Crippen LogP contribution is 2.32. The number of benzene rings is 2. The molecule has 16 heteroatoms. The normalized spacial score (nSPS) is 22.8. The minimum absolute atomic E-state index is 0.0199. The van der Waals surface area contributed by atoms with Crippen molar-refractivity contribution in [2.45, 2.75) is 77.4 Å². The Kier molecular flexibility index (Phi) is 11.7. The zero-order valence-electron chi connectivity index (χ0n) is 34.6. The number of nitriles is 1. The standard InChI is InChI=1S/C44H53N11O5/c1-4-31-21-35(6-5-32(31)23-45)53-26-29(3)54(27-28(53)2)44(60)48-33-24-46-43(47-25-33)52-15-12-30(13-16-52)11-14-50-17-19-51(20-18-50)34-7-8-36-37(22-34)42(59)55(41(36)58)38-9-10-39(56)49-40(38)57/h5-8,21-22,24-25,28-30,38H,4,9-20,26-27H2,1-3H3,(H,48,60)(H,49,56,57)/t28-,29+,38?/m0/s1. The zero-order chi connectivity index (χ0) is 42.1. The number of carbonyl (C=O) groups excluding carboxylic acids is 5. The van der Waals surface area contributed by atoms with Crippen LogP contribution < -0.4 is 25.3 Å². The van der Waals surface area contributed by atoms with Crippen molar-refractivity contribution in [3.63, 3.8) is 0 Å². The number of carbonyl (C=O) groups is 5. The number of urea groups is 1. The van der Waals surface area contributed by atoms with Crippen LogP contribution in [0.25, 0.3) is 0 Å². The predicted molar refractivity (Wildman–Crippen MR) is 226 cm³/mol. The quantitative estimate of drug-likeness (QED) is 0.299. The van der Waals surface area contributed by atoms with Crippen molar-refractivity contribution in [2.75, 3.05) is 78.9 Å². The molecule has 8 rings (SSSR count). The largest absolute Gasteiger partial charge is 0.369 e. The van der Waals surface area contributed by atoms with Crippen LogP contribution in [0.3, 0.4) is 0 Å². The lowest BCUT2D eigenvalue weighted by Gasteiger charge is -2.45. The Morgan fingerprint density at radius 3 is 2.27 bits per heavy atom. The van der Waals surface area contributed by atoms with E-state index < -0.39 is 29.7 Å². The van der Waals surface area contributed by atoms with Gasteiger partial charge in [-0.2, -0.15) is 5.26 Å². The molecule has 4 saturated heterocycles. The first-order valence-electron chi connectivity index (χ1n) is 21.3. The molecular weight excluding hydrogens is 763 g/mol. The summed E-state index contributed by atoms with van der Waals surface area (Å²) in [6.07, 6.45) is 7.63. The Balaban J connectivity index is 0.759. The first-order valence-corrected chi connectivity index (χ1v) is 21.3. The molecule has 2 N–H and O–H groups in total. The summed E-state index contributed by atoms with van der Waals surface area (Å²) in [5, 5.41) is 14.7. The van der Waals surface area contributed by atoms with E-state index in [0.717, 1.165) is 93.3 Å². The highest BCUT2D eigenvalue weighted by Gasteiger charge is 2.45. The molecule has 5 aliphatic heterocycles. The molecule has 0 radical (unpaired) electrons. The number of fused-ring (bicyclic) bond motifs is 1. The van der Waals surface area contributed by atoms with Gasteiger partial charge in [-0.3, -0.25) is 34.3 Å². The number of hydrogen-bond acceptors (Lipinski definition) is 12. The van der Waals surface area contributed by atoms with Gasteiger partial charge in [0, 0.05) is 82.2 Å². The maximum Gasteiger partial charge on any atom is 0.322 e. The molecule has 0 bridgehead atoms. The molecule has 314 valence electrons. The number of nitrogens with zero attached hydrogens (tertiary/aromatic N) is 9. The number of rotatable bonds is 9. The highest BCUT2D eigenvalue weighted by molar-refractivity contribution is 6.23.